The fourth-order valence-electron chi connectivity index (χ4n) is 1.09. The summed E-state index contributed by atoms with van der Waals surface area (Å²) in [5.74, 6) is 4.16. The lowest BCUT2D eigenvalue weighted by Gasteiger charge is -2.11. The number of hydrogen-bond acceptors (Lipinski definition) is 3. The largest absolute Gasteiger partial charge is 0.493 e. The fourth-order valence-corrected chi connectivity index (χ4v) is 1.09. The van der Waals surface area contributed by atoms with Gasteiger partial charge in [-0.25, -0.2) is 0 Å². The molecule has 14 heavy (non-hydrogen) atoms. The number of hydrogen-bond donors (Lipinski definition) is 0. The topological polar surface area (TPSA) is 27.7 Å². The fraction of sp³-hybridized carbons (Fsp3) is 0.273. The molecule has 0 aliphatic rings. The molecule has 0 aliphatic heterocycles. The van der Waals surface area contributed by atoms with Crippen LogP contribution in [0.5, 0.6) is 17.2 Å². The van der Waals surface area contributed by atoms with Crippen LogP contribution < -0.4 is 14.2 Å². The summed E-state index contributed by atoms with van der Waals surface area (Å²) >= 11 is 0. The number of terminal acetylenes is 1. The lowest BCUT2D eigenvalue weighted by Crippen LogP contribution is -1.98. The molecule has 0 atom stereocenters. The zero-order valence-electron chi connectivity index (χ0n) is 8.24. The first-order valence-corrected chi connectivity index (χ1v) is 4.10. The Morgan fingerprint density at radius 3 is 2.50 bits per heavy atom. The number of benzene rings is 1. The Morgan fingerprint density at radius 2 is 1.93 bits per heavy atom. The van der Waals surface area contributed by atoms with Crippen molar-refractivity contribution in [1.29, 1.82) is 0 Å². The standard InChI is InChI=1S/C11H12O3/c1-4-8-14-10-7-5-6-9(12-2)11(10)13-3/h1,5-7H,8H2,2-3H3. The van der Waals surface area contributed by atoms with E-state index in [0.717, 1.165) is 0 Å². The molecule has 0 fully saturated rings. The molecule has 0 aliphatic carbocycles. The van der Waals surface area contributed by atoms with Gasteiger partial charge >= 0.3 is 0 Å². The predicted octanol–water partition coefficient (Wildman–Crippen LogP) is 1.72. The number of methoxy groups -OCH3 is 2. The van der Waals surface area contributed by atoms with Crippen molar-refractivity contribution < 1.29 is 14.2 Å². The highest BCUT2D eigenvalue weighted by atomic mass is 16.5. The summed E-state index contributed by atoms with van der Waals surface area (Å²) in [6, 6.07) is 5.38. The molecule has 0 N–H and O–H groups in total. The number of para-hydroxylation sites is 1. The van der Waals surface area contributed by atoms with Crippen LogP contribution in [-0.2, 0) is 0 Å². The highest BCUT2D eigenvalue weighted by molar-refractivity contribution is 5.51. The Morgan fingerprint density at radius 1 is 1.21 bits per heavy atom. The van der Waals surface area contributed by atoms with Crippen LogP contribution in [0.4, 0.5) is 0 Å². The lowest BCUT2D eigenvalue weighted by molar-refractivity contribution is 0.310. The van der Waals surface area contributed by atoms with Gasteiger partial charge in [0.1, 0.15) is 6.61 Å². The van der Waals surface area contributed by atoms with Crippen molar-refractivity contribution in [2.75, 3.05) is 20.8 Å². The van der Waals surface area contributed by atoms with Crippen molar-refractivity contribution in [2.24, 2.45) is 0 Å². The van der Waals surface area contributed by atoms with Gasteiger partial charge < -0.3 is 14.2 Å². The Bertz CT molecular complexity index is 339. The van der Waals surface area contributed by atoms with Crippen LogP contribution in [0.25, 0.3) is 0 Å². The van der Waals surface area contributed by atoms with Gasteiger partial charge in [-0.2, -0.15) is 0 Å². The molecule has 74 valence electrons. The molecule has 1 aromatic carbocycles. The van der Waals surface area contributed by atoms with E-state index in [-0.39, 0.29) is 6.61 Å². The van der Waals surface area contributed by atoms with Gasteiger partial charge in [-0.3, -0.25) is 0 Å². The Kier molecular flexibility index (Phi) is 3.69. The molecule has 0 heterocycles. The molecule has 1 rings (SSSR count). The van der Waals surface area contributed by atoms with Gasteiger partial charge in [-0.05, 0) is 12.1 Å². The van der Waals surface area contributed by atoms with E-state index in [1.807, 2.05) is 6.07 Å². The van der Waals surface area contributed by atoms with E-state index in [9.17, 15) is 0 Å². The molecule has 3 heteroatoms. The molecule has 0 spiro atoms. The summed E-state index contributed by atoms with van der Waals surface area (Å²) in [7, 11) is 3.13. The van der Waals surface area contributed by atoms with Crippen LogP contribution in [0.2, 0.25) is 0 Å². The predicted molar refractivity (Wildman–Crippen MR) is 53.9 cm³/mol. The van der Waals surface area contributed by atoms with Crippen molar-refractivity contribution in [2.45, 2.75) is 0 Å². The third kappa shape index (κ3) is 2.11. The Hall–Kier alpha value is -1.82. The first-order valence-electron chi connectivity index (χ1n) is 4.10. The molecule has 3 nitrogen and oxygen atoms in total. The van der Waals surface area contributed by atoms with Crippen molar-refractivity contribution in [3.05, 3.63) is 18.2 Å². The highest BCUT2D eigenvalue weighted by Crippen LogP contribution is 2.36. The molecule has 1 aromatic rings. The zero-order chi connectivity index (χ0) is 10.4. The van der Waals surface area contributed by atoms with E-state index in [0.29, 0.717) is 17.2 Å². The molecular formula is C11H12O3. The van der Waals surface area contributed by atoms with Gasteiger partial charge in [-0.1, -0.05) is 12.0 Å². The SMILES string of the molecule is C#CCOc1cccc(OC)c1OC. The summed E-state index contributed by atoms with van der Waals surface area (Å²) in [4.78, 5) is 0. The number of rotatable bonds is 4. The van der Waals surface area contributed by atoms with Crippen molar-refractivity contribution in [3.8, 4) is 29.6 Å². The highest BCUT2D eigenvalue weighted by Gasteiger charge is 2.09. The molecule has 0 saturated carbocycles. The second-order valence-electron chi connectivity index (χ2n) is 2.48. The van der Waals surface area contributed by atoms with Gasteiger partial charge in [0.2, 0.25) is 5.75 Å². The van der Waals surface area contributed by atoms with E-state index >= 15 is 0 Å². The Labute approximate surface area is 83.6 Å². The first kappa shape index (κ1) is 10.3. The average Bonchev–Trinajstić information content (AvgIpc) is 2.25. The monoisotopic (exact) mass is 192 g/mol. The minimum atomic E-state index is 0.212. The quantitative estimate of drug-likeness (QED) is 0.680. The van der Waals surface area contributed by atoms with Crippen LogP contribution in [0.3, 0.4) is 0 Å². The summed E-state index contributed by atoms with van der Waals surface area (Å²) in [6.07, 6.45) is 5.09. The average molecular weight is 192 g/mol. The van der Waals surface area contributed by atoms with Crippen molar-refractivity contribution in [1.82, 2.24) is 0 Å². The van der Waals surface area contributed by atoms with E-state index in [1.165, 1.54) is 0 Å². The summed E-state index contributed by atoms with van der Waals surface area (Å²) in [5.41, 5.74) is 0. The van der Waals surface area contributed by atoms with Crippen LogP contribution in [0.15, 0.2) is 18.2 Å². The maximum absolute atomic E-state index is 5.28. The van der Waals surface area contributed by atoms with E-state index < -0.39 is 0 Å². The minimum absolute atomic E-state index is 0.212. The van der Waals surface area contributed by atoms with E-state index in [4.69, 9.17) is 20.6 Å². The molecule has 0 radical (unpaired) electrons. The summed E-state index contributed by atoms with van der Waals surface area (Å²) in [5, 5.41) is 0. The van der Waals surface area contributed by atoms with Crippen molar-refractivity contribution in [3.63, 3.8) is 0 Å². The zero-order valence-corrected chi connectivity index (χ0v) is 8.24. The second kappa shape index (κ2) is 5.03. The molecule has 0 amide bonds. The maximum atomic E-state index is 5.28. The first-order chi connectivity index (χ1) is 6.83. The second-order valence-corrected chi connectivity index (χ2v) is 2.48. The maximum Gasteiger partial charge on any atom is 0.203 e. The van der Waals surface area contributed by atoms with Gasteiger partial charge in [0.15, 0.2) is 11.5 Å². The van der Waals surface area contributed by atoms with Crippen molar-refractivity contribution >= 4 is 0 Å². The van der Waals surface area contributed by atoms with Crippen LogP contribution in [0.1, 0.15) is 0 Å². The van der Waals surface area contributed by atoms with E-state index in [2.05, 4.69) is 5.92 Å². The Balaban J connectivity index is 2.97. The normalized spacial score (nSPS) is 8.93. The van der Waals surface area contributed by atoms with Gasteiger partial charge in [-0.15, -0.1) is 6.42 Å². The van der Waals surface area contributed by atoms with Gasteiger partial charge in [0, 0.05) is 0 Å². The molecule has 0 unspecified atom stereocenters. The van der Waals surface area contributed by atoms with Crippen LogP contribution in [0, 0.1) is 12.3 Å². The molecular weight excluding hydrogens is 180 g/mol. The molecule has 0 saturated heterocycles. The summed E-state index contributed by atoms with van der Waals surface area (Å²) < 4.78 is 15.5. The van der Waals surface area contributed by atoms with Gasteiger partial charge in [0.25, 0.3) is 0 Å². The third-order valence-corrected chi connectivity index (χ3v) is 1.68. The van der Waals surface area contributed by atoms with Gasteiger partial charge in [0.05, 0.1) is 14.2 Å². The van der Waals surface area contributed by atoms with Crippen LogP contribution in [-0.4, -0.2) is 20.8 Å². The third-order valence-electron chi connectivity index (χ3n) is 1.68. The van der Waals surface area contributed by atoms with Crippen LogP contribution >= 0.6 is 0 Å². The smallest absolute Gasteiger partial charge is 0.203 e. The molecule has 0 aromatic heterocycles. The number of ether oxygens (including phenoxy) is 3. The molecule has 0 bridgehead atoms. The lowest BCUT2D eigenvalue weighted by atomic mass is 10.3. The minimum Gasteiger partial charge on any atom is -0.493 e. The summed E-state index contributed by atoms with van der Waals surface area (Å²) in [6.45, 7) is 0.212. The van der Waals surface area contributed by atoms with E-state index in [1.54, 1.807) is 26.4 Å².